The van der Waals surface area contributed by atoms with Gasteiger partial charge in [0.15, 0.2) is 0 Å². The summed E-state index contributed by atoms with van der Waals surface area (Å²) >= 11 is 5.77. The Morgan fingerprint density at radius 3 is 2.48 bits per heavy atom. The van der Waals surface area contributed by atoms with Gasteiger partial charge >= 0.3 is 0 Å². The van der Waals surface area contributed by atoms with Crippen molar-refractivity contribution in [3.63, 3.8) is 0 Å². The molecule has 1 aliphatic heterocycles. The third kappa shape index (κ3) is 4.96. The van der Waals surface area contributed by atoms with E-state index in [-0.39, 0.29) is 22.2 Å². The van der Waals surface area contributed by atoms with Gasteiger partial charge in [-0.25, -0.2) is 0 Å². The average Bonchev–Trinajstić information content (AvgIpc) is 2.69. The van der Waals surface area contributed by atoms with E-state index in [4.69, 9.17) is 11.6 Å². The number of nitrogens with zero attached hydrogens (tertiary/aromatic N) is 3. The van der Waals surface area contributed by atoms with Crippen molar-refractivity contribution in [2.24, 2.45) is 0 Å². The second-order valence-corrected chi connectivity index (χ2v) is 6.75. The number of benzene rings is 2. The van der Waals surface area contributed by atoms with E-state index in [9.17, 15) is 14.9 Å². The van der Waals surface area contributed by atoms with E-state index in [1.54, 1.807) is 0 Å². The number of nitrogens with one attached hydrogen (secondary N) is 1. The topological polar surface area (TPSA) is 78.7 Å². The zero-order valence-electron chi connectivity index (χ0n) is 14.8. The normalized spacial score (nSPS) is 14.8. The predicted octanol–water partition coefficient (Wildman–Crippen LogP) is 2.80. The van der Waals surface area contributed by atoms with Crippen LogP contribution in [0.1, 0.15) is 10.4 Å². The van der Waals surface area contributed by atoms with Gasteiger partial charge in [0.25, 0.3) is 11.6 Å². The number of piperazine rings is 1. The highest BCUT2D eigenvalue weighted by atomic mass is 35.5. The third-order valence-electron chi connectivity index (χ3n) is 4.61. The number of para-hydroxylation sites is 1. The van der Waals surface area contributed by atoms with Crippen LogP contribution in [-0.4, -0.2) is 55.0 Å². The molecule has 0 bridgehead atoms. The largest absolute Gasteiger partial charge is 0.369 e. The van der Waals surface area contributed by atoms with Crippen LogP contribution in [0.15, 0.2) is 48.5 Å². The van der Waals surface area contributed by atoms with E-state index in [1.807, 2.05) is 18.2 Å². The SMILES string of the molecule is O=C(NCCN1CCN(c2ccccc2)CC1)c1ccc(Cl)c([N+](=O)[O-])c1. The minimum absolute atomic E-state index is 0.0211. The highest BCUT2D eigenvalue weighted by molar-refractivity contribution is 6.32. The van der Waals surface area contributed by atoms with Gasteiger partial charge in [0.2, 0.25) is 0 Å². The Labute approximate surface area is 162 Å². The van der Waals surface area contributed by atoms with Gasteiger partial charge in [0.05, 0.1) is 4.92 Å². The number of halogens is 1. The maximum Gasteiger partial charge on any atom is 0.288 e. The van der Waals surface area contributed by atoms with E-state index in [0.717, 1.165) is 32.7 Å². The molecule has 0 aliphatic carbocycles. The molecule has 0 atom stereocenters. The zero-order valence-corrected chi connectivity index (χ0v) is 15.6. The lowest BCUT2D eigenvalue weighted by molar-refractivity contribution is -0.384. The summed E-state index contributed by atoms with van der Waals surface area (Å²) < 4.78 is 0. The molecule has 0 radical (unpaired) electrons. The molecule has 0 unspecified atom stereocenters. The summed E-state index contributed by atoms with van der Waals surface area (Å²) in [5.41, 5.74) is 1.20. The molecule has 1 N–H and O–H groups in total. The van der Waals surface area contributed by atoms with Crippen molar-refractivity contribution in [3.05, 3.63) is 69.2 Å². The molecule has 0 saturated carbocycles. The van der Waals surface area contributed by atoms with Crippen molar-refractivity contribution in [1.29, 1.82) is 0 Å². The van der Waals surface area contributed by atoms with Gasteiger partial charge in [0, 0.05) is 56.6 Å². The molecule has 1 saturated heterocycles. The van der Waals surface area contributed by atoms with Gasteiger partial charge < -0.3 is 10.2 Å². The summed E-state index contributed by atoms with van der Waals surface area (Å²) in [7, 11) is 0. The lowest BCUT2D eigenvalue weighted by Gasteiger charge is -2.36. The molecule has 0 aromatic heterocycles. The quantitative estimate of drug-likeness (QED) is 0.608. The van der Waals surface area contributed by atoms with Crippen LogP contribution in [0, 0.1) is 10.1 Å². The number of carbonyl (C=O) groups is 1. The number of anilines is 1. The molecular formula is C19H21ClN4O3. The Hall–Kier alpha value is -2.64. The monoisotopic (exact) mass is 388 g/mol. The van der Waals surface area contributed by atoms with Crippen molar-refractivity contribution in [3.8, 4) is 0 Å². The van der Waals surface area contributed by atoms with Crippen LogP contribution in [0.2, 0.25) is 5.02 Å². The van der Waals surface area contributed by atoms with Gasteiger partial charge in [-0.05, 0) is 24.3 Å². The van der Waals surface area contributed by atoms with Crippen molar-refractivity contribution >= 4 is 28.9 Å². The van der Waals surface area contributed by atoms with Crippen LogP contribution in [0.25, 0.3) is 0 Å². The number of carbonyl (C=O) groups excluding carboxylic acids is 1. The number of amides is 1. The van der Waals surface area contributed by atoms with E-state index in [0.29, 0.717) is 6.54 Å². The van der Waals surface area contributed by atoms with Crippen LogP contribution in [0.4, 0.5) is 11.4 Å². The fourth-order valence-corrected chi connectivity index (χ4v) is 3.28. The Morgan fingerprint density at radius 2 is 1.81 bits per heavy atom. The molecule has 1 fully saturated rings. The van der Waals surface area contributed by atoms with E-state index in [2.05, 4.69) is 27.2 Å². The van der Waals surface area contributed by atoms with Crippen molar-refractivity contribution in [2.45, 2.75) is 0 Å². The summed E-state index contributed by atoms with van der Waals surface area (Å²) in [4.78, 5) is 27.2. The minimum atomic E-state index is -0.592. The van der Waals surface area contributed by atoms with E-state index < -0.39 is 4.92 Å². The molecular weight excluding hydrogens is 368 g/mol. The van der Waals surface area contributed by atoms with Gasteiger partial charge in [-0.15, -0.1) is 0 Å². The average molecular weight is 389 g/mol. The van der Waals surface area contributed by atoms with Gasteiger partial charge in [-0.1, -0.05) is 29.8 Å². The van der Waals surface area contributed by atoms with Crippen LogP contribution < -0.4 is 10.2 Å². The molecule has 3 rings (SSSR count). The number of hydrogen-bond donors (Lipinski definition) is 1. The lowest BCUT2D eigenvalue weighted by atomic mass is 10.2. The Bertz CT molecular complexity index is 808. The first kappa shape index (κ1) is 19.1. The molecule has 7 nitrogen and oxygen atoms in total. The lowest BCUT2D eigenvalue weighted by Crippen LogP contribution is -2.48. The number of rotatable bonds is 6. The Kier molecular flexibility index (Phi) is 6.26. The van der Waals surface area contributed by atoms with Gasteiger partial charge in [-0.3, -0.25) is 19.8 Å². The highest BCUT2D eigenvalue weighted by Crippen LogP contribution is 2.25. The highest BCUT2D eigenvalue weighted by Gasteiger charge is 2.18. The first-order valence-corrected chi connectivity index (χ1v) is 9.17. The van der Waals surface area contributed by atoms with Crippen molar-refractivity contribution in [2.75, 3.05) is 44.2 Å². The van der Waals surface area contributed by atoms with E-state index >= 15 is 0 Å². The Balaban J connectivity index is 1.45. The first-order valence-electron chi connectivity index (χ1n) is 8.79. The van der Waals surface area contributed by atoms with E-state index in [1.165, 1.54) is 23.9 Å². The van der Waals surface area contributed by atoms with Crippen LogP contribution in [-0.2, 0) is 0 Å². The molecule has 2 aromatic rings. The maximum atomic E-state index is 12.2. The summed E-state index contributed by atoms with van der Waals surface area (Å²) in [5, 5.41) is 13.8. The molecule has 1 heterocycles. The summed E-state index contributed by atoms with van der Waals surface area (Å²) in [5.74, 6) is -0.335. The van der Waals surface area contributed by atoms with Crippen molar-refractivity contribution in [1.82, 2.24) is 10.2 Å². The maximum absolute atomic E-state index is 12.2. The molecule has 2 aromatic carbocycles. The standard InChI is InChI=1S/C19H21ClN4O3/c20-17-7-6-15(14-18(17)24(26)27)19(25)21-8-9-22-10-12-23(13-11-22)16-4-2-1-3-5-16/h1-7,14H,8-13H2,(H,21,25). The summed E-state index contributed by atoms with van der Waals surface area (Å²) in [6.45, 7) is 4.97. The minimum Gasteiger partial charge on any atom is -0.369 e. The molecule has 0 spiro atoms. The molecule has 1 amide bonds. The molecule has 1 aliphatic rings. The first-order chi connectivity index (χ1) is 13.0. The third-order valence-corrected chi connectivity index (χ3v) is 4.93. The fourth-order valence-electron chi connectivity index (χ4n) is 3.09. The summed E-state index contributed by atoms with van der Waals surface area (Å²) in [6, 6.07) is 14.4. The number of nitro benzene ring substituents is 1. The zero-order chi connectivity index (χ0) is 19.2. The number of nitro groups is 1. The van der Waals surface area contributed by atoms with Crippen molar-refractivity contribution < 1.29 is 9.72 Å². The summed E-state index contributed by atoms with van der Waals surface area (Å²) in [6.07, 6.45) is 0. The van der Waals surface area contributed by atoms with Crippen LogP contribution >= 0.6 is 11.6 Å². The van der Waals surface area contributed by atoms with Gasteiger partial charge in [-0.2, -0.15) is 0 Å². The molecule has 8 heteroatoms. The predicted molar refractivity (Wildman–Crippen MR) is 106 cm³/mol. The molecule has 27 heavy (non-hydrogen) atoms. The second-order valence-electron chi connectivity index (χ2n) is 6.34. The Morgan fingerprint density at radius 1 is 1.11 bits per heavy atom. The van der Waals surface area contributed by atoms with Crippen LogP contribution in [0.5, 0.6) is 0 Å². The van der Waals surface area contributed by atoms with Gasteiger partial charge in [0.1, 0.15) is 5.02 Å². The number of hydrogen-bond acceptors (Lipinski definition) is 5. The smallest absolute Gasteiger partial charge is 0.288 e. The fraction of sp³-hybridized carbons (Fsp3) is 0.316. The van der Waals surface area contributed by atoms with Crippen LogP contribution in [0.3, 0.4) is 0 Å². The second kappa shape index (κ2) is 8.83. The molecule has 142 valence electrons.